The highest BCUT2D eigenvalue weighted by Crippen LogP contribution is 2.14. The molecular formula is C10H15F2N3O2. The molecule has 0 saturated carbocycles. The lowest BCUT2D eigenvalue weighted by Crippen LogP contribution is -2.11. The average Bonchev–Trinajstić information content (AvgIpc) is 2.27. The van der Waals surface area contributed by atoms with Crippen molar-refractivity contribution in [3.63, 3.8) is 0 Å². The van der Waals surface area contributed by atoms with Crippen LogP contribution < -0.4 is 10.1 Å². The van der Waals surface area contributed by atoms with Gasteiger partial charge in [-0.3, -0.25) is 0 Å². The first-order valence-corrected chi connectivity index (χ1v) is 5.17. The number of nitrogens with zero attached hydrogens (tertiary/aromatic N) is 2. The van der Waals surface area contributed by atoms with Crippen LogP contribution in [0, 0.1) is 0 Å². The Kier molecular flexibility index (Phi) is 5.55. The molecule has 0 aliphatic heterocycles. The van der Waals surface area contributed by atoms with Crippen molar-refractivity contribution in [3.05, 3.63) is 11.9 Å². The van der Waals surface area contributed by atoms with Gasteiger partial charge in [0, 0.05) is 19.7 Å². The molecule has 1 aromatic heterocycles. The number of hydrogen-bond acceptors (Lipinski definition) is 5. The Balaban J connectivity index is 2.79. The van der Waals surface area contributed by atoms with Crippen LogP contribution in [0.2, 0.25) is 0 Å². The molecule has 0 radical (unpaired) electrons. The Morgan fingerprint density at radius 2 is 2.18 bits per heavy atom. The van der Waals surface area contributed by atoms with Crippen LogP contribution in [-0.2, 0) is 11.3 Å². The molecule has 0 amide bonds. The topological polar surface area (TPSA) is 56.3 Å². The second-order valence-electron chi connectivity index (χ2n) is 3.17. The van der Waals surface area contributed by atoms with Crippen molar-refractivity contribution in [1.29, 1.82) is 0 Å². The van der Waals surface area contributed by atoms with E-state index in [1.807, 2.05) is 6.92 Å². The van der Waals surface area contributed by atoms with Crippen molar-refractivity contribution < 1.29 is 18.3 Å². The highest BCUT2D eigenvalue weighted by Gasteiger charge is 2.08. The molecule has 1 N–H and O–H groups in total. The van der Waals surface area contributed by atoms with Crippen molar-refractivity contribution in [2.75, 3.05) is 25.6 Å². The van der Waals surface area contributed by atoms with Gasteiger partial charge in [0.15, 0.2) is 12.4 Å². The molecule has 0 fully saturated rings. The van der Waals surface area contributed by atoms with Crippen molar-refractivity contribution in [1.82, 2.24) is 9.97 Å². The molecule has 0 aromatic carbocycles. The molecule has 1 heterocycles. The second-order valence-corrected chi connectivity index (χ2v) is 3.17. The summed E-state index contributed by atoms with van der Waals surface area (Å²) in [5.74, 6) is 1.03. The van der Waals surface area contributed by atoms with Crippen LogP contribution in [0.3, 0.4) is 0 Å². The lowest BCUT2D eigenvalue weighted by molar-refractivity contribution is 0.0790. The molecule has 0 aliphatic rings. The van der Waals surface area contributed by atoms with E-state index < -0.39 is 13.0 Å². The lowest BCUT2D eigenvalue weighted by atomic mass is 10.5. The van der Waals surface area contributed by atoms with Gasteiger partial charge < -0.3 is 14.8 Å². The summed E-state index contributed by atoms with van der Waals surface area (Å²) in [7, 11) is 1.50. The molecule has 5 nitrogen and oxygen atoms in total. The van der Waals surface area contributed by atoms with E-state index in [1.165, 1.54) is 13.2 Å². The Morgan fingerprint density at radius 1 is 1.41 bits per heavy atom. The number of anilines is 1. The smallest absolute Gasteiger partial charge is 0.272 e. The van der Waals surface area contributed by atoms with Crippen LogP contribution >= 0.6 is 0 Å². The van der Waals surface area contributed by atoms with Crippen LogP contribution in [0.25, 0.3) is 0 Å². The molecule has 0 spiro atoms. The summed E-state index contributed by atoms with van der Waals surface area (Å²) in [5.41, 5.74) is 0. The second kappa shape index (κ2) is 6.95. The van der Waals surface area contributed by atoms with E-state index in [9.17, 15) is 8.78 Å². The fourth-order valence-corrected chi connectivity index (χ4v) is 1.16. The van der Waals surface area contributed by atoms with Gasteiger partial charge in [-0.25, -0.2) is 13.8 Å². The van der Waals surface area contributed by atoms with Gasteiger partial charge in [-0.2, -0.15) is 4.98 Å². The first-order chi connectivity index (χ1) is 8.15. The van der Waals surface area contributed by atoms with E-state index in [1.54, 1.807) is 0 Å². The molecule has 7 heteroatoms. The lowest BCUT2D eigenvalue weighted by Gasteiger charge is -2.09. The van der Waals surface area contributed by atoms with Crippen LogP contribution in [0.4, 0.5) is 14.6 Å². The largest absolute Gasteiger partial charge is 0.471 e. The van der Waals surface area contributed by atoms with Crippen molar-refractivity contribution in [2.24, 2.45) is 0 Å². The summed E-state index contributed by atoms with van der Waals surface area (Å²) in [6.07, 6.45) is -2.53. The van der Waals surface area contributed by atoms with Gasteiger partial charge in [0.25, 0.3) is 6.43 Å². The summed E-state index contributed by atoms with van der Waals surface area (Å²) in [4.78, 5) is 8.07. The van der Waals surface area contributed by atoms with Gasteiger partial charge >= 0.3 is 0 Å². The maximum absolute atomic E-state index is 12.0. The SMILES string of the molecule is CCNc1cc(OCC(F)F)nc(COC)n1. The molecule has 0 unspecified atom stereocenters. The quantitative estimate of drug-likeness (QED) is 0.794. The number of rotatable bonds is 7. The summed E-state index contributed by atoms with van der Waals surface area (Å²) < 4.78 is 33.7. The summed E-state index contributed by atoms with van der Waals surface area (Å²) >= 11 is 0. The molecule has 1 aromatic rings. The fourth-order valence-electron chi connectivity index (χ4n) is 1.16. The zero-order chi connectivity index (χ0) is 12.7. The van der Waals surface area contributed by atoms with Gasteiger partial charge in [-0.15, -0.1) is 0 Å². The molecule has 0 saturated heterocycles. The maximum Gasteiger partial charge on any atom is 0.272 e. The number of aromatic nitrogens is 2. The molecular weight excluding hydrogens is 232 g/mol. The van der Waals surface area contributed by atoms with Gasteiger partial charge in [0.05, 0.1) is 0 Å². The highest BCUT2D eigenvalue weighted by molar-refractivity contribution is 5.38. The normalized spacial score (nSPS) is 10.6. The summed E-state index contributed by atoms with van der Waals surface area (Å²) in [6.45, 7) is 2.08. The minimum absolute atomic E-state index is 0.114. The van der Waals surface area contributed by atoms with Gasteiger partial charge in [0.1, 0.15) is 12.4 Å². The number of ether oxygens (including phenoxy) is 2. The third-order valence-corrected chi connectivity index (χ3v) is 1.74. The first kappa shape index (κ1) is 13.6. The van der Waals surface area contributed by atoms with E-state index in [4.69, 9.17) is 9.47 Å². The summed E-state index contributed by atoms with van der Waals surface area (Å²) in [5, 5.41) is 2.96. The zero-order valence-electron chi connectivity index (χ0n) is 9.74. The monoisotopic (exact) mass is 247 g/mol. The Labute approximate surface area is 98.2 Å². The Morgan fingerprint density at radius 3 is 2.76 bits per heavy atom. The highest BCUT2D eigenvalue weighted by atomic mass is 19.3. The minimum Gasteiger partial charge on any atom is -0.471 e. The first-order valence-electron chi connectivity index (χ1n) is 5.17. The van der Waals surface area contributed by atoms with Gasteiger partial charge in [-0.05, 0) is 6.92 Å². The zero-order valence-corrected chi connectivity index (χ0v) is 9.74. The van der Waals surface area contributed by atoms with E-state index in [2.05, 4.69) is 15.3 Å². The van der Waals surface area contributed by atoms with Gasteiger partial charge in [-0.1, -0.05) is 0 Å². The molecule has 17 heavy (non-hydrogen) atoms. The van der Waals surface area contributed by atoms with Crippen LogP contribution in [-0.4, -0.2) is 36.7 Å². The van der Waals surface area contributed by atoms with Crippen LogP contribution in [0.15, 0.2) is 6.07 Å². The fraction of sp³-hybridized carbons (Fsp3) is 0.600. The Bertz CT molecular complexity index is 326. The van der Waals surface area contributed by atoms with Crippen molar-refractivity contribution in [3.8, 4) is 5.88 Å². The molecule has 1 rings (SSSR count). The van der Waals surface area contributed by atoms with Crippen molar-refractivity contribution in [2.45, 2.75) is 20.0 Å². The van der Waals surface area contributed by atoms with E-state index in [-0.39, 0.29) is 12.5 Å². The molecule has 0 aliphatic carbocycles. The van der Waals surface area contributed by atoms with E-state index in [0.717, 1.165) is 0 Å². The number of hydrogen-bond donors (Lipinski definition) is 1. The number of halogens is 2. The number of methoxy groups -OCH3 is 1. The van der Waals surface area contributed by atoms with Crippen molar-refractivity contribution >= 4 is 5.82 Å². The number of nitrogens with one attached hydrogen (secondary N) is 1. The molecule has 0 bridgehead atoms. The van der Waals surface area contributed by atoms with Gasteiger partial charge in [0.2, 0.25) is 5.88 Å². The minimum atomic E-state index is -2.53. The van der Waals surface area contributed by atoms with E-state index in [0.29, 0.717) is 18.2 Å². The van der Waals surface area contributed by atoms with Crippen LogP contribution in [0.1, 0.15) is 12.7 Å². The standard InChI is InChI=1S/C10H15F2N3O2/c1-3-13-8-4-10(17-5-7(11)12)15-9(14-8)6-16-2/h4,7H,3,5-6H2,1-2H3,(H,13,14,15). The third-order valence-electron chi connectivity index (χ3n) is 1.74. The third kappa shape index (κ3) is 4.90. The van der Waals surface area contributed by atoms with Crippen LogP contribution in [0.5, 0.6) is 5.88 Å². The Hall–Kier alpha value is -1.50. The molecule has 96 valence electrons. The molecule has 0 atom stereocenters. The van der Waals surface area contributed by atoms with E-state index >= 15 is 0 Å². The number of alkyl halides is 2. The summed E-state index contributed by atoms with van der Waals surface area (Å²) in [6, 6.07) is 1.48. The maximum atomic E-state index is 12.0. The predicted molar refractivity (Wildman–Crippen MR) is 58.4 cm³/mol. The average molecular weight is 247 g/mol. The predicted octanol–water partition coefficient (Wildman–Crippen LogP) is 1.70.